The number of carbonyl (C=O) groups excluding carboxylic acids is 2. The Morgan fingerprint density at radius 2 is 1.78 bits per heavy atom. The molecule has 0 atom stereocenters. The molecule has 0 spiro atoms. The highest BCUT2D eigenvalue weighted by molar-refractivity contribution is 7.09. The van der Waals surface area contributed by atoms with Gasteiger partial charge in [-0.1, -0.05) is 23.7 Å². The first-order valence-electron chi connectivity index (χ1n) is 11.9. The second-order valence-electron chi connectivity index (χ2n) is 8.30. The van der Waals surface area contributed by atoms with Gasteiger partial charge in [0.25, 0.3) is 0 Å². The van der Waals surface area contributed by atoms with Crippen LogP contribution in [0, 0.1) is 0 Å². The second-order valence-corrected chi connectivity index (χ2v) is 9.47. The standard InChI is InChI=1S/C25H29ClN6O3S/c1-2-35-23(33)19-5-9-21(10-6-19)28-24(34)27-11-12-31-13-15-32(16-14-31)25-29-22(30-36-25)17-18-3-7-20(26)8-4-18/h3-10H,2,11-17H2,1H3,(H2,27,28,34). The zero-order valence-electron chi connectivity index (χ0n) is 20.1. The van der Waals surface area contributed by atoms with E-state index in [0.717, 1.165) is 54.3 Å². The molecule has 3 aromatic rings. The summed E-state index contributed by atoms with van der Waals surface area (Å²) in [5.74, 6) is 0.448. The molecule has 2 N–H and O–H groups in total. The number of nitrogens with zero attached hydrogens (tertiary/aromatic N) is 4. The van der Waals surface area contributed by atoms with Crippen LogP contribution in [0.4, 0.5) is 15.6 Å². The maximum atomic E-state index is 12.2. The van der Waals surface area contributed by atoms with Gasteiger partial charge in [0, 0.05) is 67.9 Å². The molecule has 2 aromatic carbocycles. The minimum Gasteiger partial charge on any atom is -0.462 e. The van der Waals surface area contributed by atoms with Gasteiger partial charge in [0.15, 0.2) is 0 Å². The SMILES string of the molecule is CCOC(=O)c1ccc(NC(=O)NCCN2CCN(c3nc(Cc4ccc(Cl)cc4)ns3)CC2)cc1. The summed E-state index contributed by atoms with van der Waals surface area (Å²) in [6.07, 6.45) is 0.691. The predicted octanol–water partition coefficient (Wildman–Crippen LogP) is 3.90. The van der Waals surface area contributed by atoms with E-state index in [1.54, 1.807) is 31.2 Å². The Morgan fingerprint density at radius 3 is 2.47 bits per heavy atom. The van der Waals surface area contributed by atoms with E-state index in [0.29, 0.717) is 30.8 Å². The number of esters is 1. The monoisotopic (exact) mass is 528 g/mol. The lowest BCUT2D eigenvalue weighted by Crippen LogP contribution is -2.48. The Hall–Kier alpha value is -3.21. The van der Waals surface area contributed by atoms with Gasteiger partial charge in [-0.2, -0.15) is 4.37 Å². The van der Waals surface area contributed by atoms with Crippen molar-refractivity contribution in [3.05, 3.63) is 70.5 Å². The molecule has 2 heterocycles. The van der Waals surface area contributed by atoms with Crippen molar-refractivity contribution in [1.82, 2.24) is 19.6 Å². The molecule has 2 amide bonds. The number of hydrogen-bond acceptors (Lipinski definition) is 8. The molecule has 0 saturated carbocycles. The molecule has 1 aliphatic rings. The largest absolute Gasteiger partial charge is 0.462 e. The number of aromatic nitrogens is 2. The topological polar surface area (TPSA) is 99.7 Å². The molecule has 0 unspecified atom stereocenters. The van der Waals surface area contributed by atoms with E-state index in [1.807, 2.05) is 24.3 Å². The quantitative estimate of drug-likeness (QED) is 0.406. The van der Waals surface area contributed by atoms with Gasteiger partial charge < -0.3 is 20.3 Å². The van der Waals surface area contributed by atoms with E-state index < -0.39 is 0 Å². The first kappa shape index (κ1) is 25.9. The molecule has 190 valence electrons. The molecule has 0 bridgehead atoms. The van der Waals surface area contributed by atoms with E-state index in [2.05, 4.69) is 24.8 Å². The van der Waals surface area contributed by atoms with Crippen LogP contribution in [0.2, 0.25) is 5.02 Å². The Kier molecular flexibility index (Phi) is 9.10. The highest BCUT2D eigenvalue weighted by atomic mass is 35.5. The number of carbonyl (C=O) groups is 2. The first-order chi connectivity index (χ1) is 17.5. The molecule has 1 aliphatic heterocycles. The molecule has 1 saturated heterocycles. The lowest BCUT2D eigenvalue weighted by atomic mass is 10.1. The first-order valence-corrected chi connectivity index (χ1v) is 13.0. The molecule has 4 rings (SSSR count). The minimum absolute atomic E-state index is 0.278. The van der Waals surface area contributed by atoms with Crippen LogP contribution in [0.5, 0.6) is 0 Å². The number of urea groups is 1. The number of rotatable bonds is 9. The summed E-state index contributed by atoms with van der Waals surface area (Å²) in [6.45, 7) is 6.91. The number of piperazine rings is 1. The molecule has 1 aromatic heterocycles. The van der Waals surface area contributed by atoms with Gasteiger partial charge in [0.2, 0.25) is 5.13 Å². The minimum atomic E-state index is -0.377. The molecule has 0 radical (unpaired) electrons. The number of anilines is 2. The Bertz CT molecular complexity index is 1150. The normalized spacial score (nSPS) is 13.9. The van der Waals surface area contributed by atoms with Crippen LogP contribution in [0.1, 0.15) is 28.7 Å². The van der Waals surface area contributed by atoms with Gasteiger partial charge in [-0.15, -0.1) is 0 Å². The summed E-state index contributed by atoms with van der Waals surface area (Å²) in [7, 11) is 0. The second kappa shape index (κ2) is 12.7. The maximum Gasteiger partial charge on any atom is 0.338 e. The summed E-state index contributed by atoms with van der Waals surface area (Å²) >= 11 is 7.39. The summed E-state index contributed by atoms with van der Waals surface area (Å²) in [5.41, 5.74) is 2.20. The van der Waals surface area contributed by atoms with Gasteiger partial charge in [-0.25, -0.2) is 14.6 Å². The summed E-state index contributed by atoms with van der Waals surface area (Å²) in [4.78, 5) is 33.2. The summed E-state index contributed by atoms with van der Waals surface area (Å²) in [6, 6.07) is 14.1. The number of ether oxygens (including phenoxy) is 1. The molecular formula is C25H29ClN6O3S. The van der Waals surface area contributed by atoms with Gasteiger partial charge in [-0.05, 0) is 48.9 Å². The highest BCUT2D eigenvalue weighted by Gasteiger charge is 2.20. The molecule has 9 nitrogen and oxygen atoms in total. The third kappa shape index (κ3) is 7.39. The predicted molar refractivity (Wildman–Crippen MR) is 142 cm³/mol. The fourth-order valence-electron chi connectivity index (χ4n) is 3.80. The highest BCUT2D eigenvalue weighted by Crippen LogP contribution is 2.21. The van der Waals surface area contributed by atoms with Crippen molar-refractivity contribution < 1.29 is 14.3 Å². The van der Waals surface area contributed by atoms with Crippen LogP contribution in [0.3, 0.4) is 0 Å². The van der Waals surface area contributed by atoms with Gasteiger partial charge in [-0.3, -0.25) is 4.90 Å². The fourth-order valence-corrected chi connectivity index (χ4v) is 4.66. The number of nitrogens with one attached hydrogen (secondary N) is 2. The van der Waals surface area contributed by atoms with Crippen molar-refractivity contribution in [1.29, 1.82) is 0 Å². The van der Waals surface area contributed by atoms with Crippen LogP contribution in [0.15, 0.2) is 48.5 Å². The van der Waals surface area contributed by atoms with Crippen LogP contribution in [-0.4, -0.2) is 72.1 Å². The average molecular weight is 529 g/mol. The molecule has 11 heteroatoms. The summed E-state index contributed by atoms with van der Waals surface area (Å²) in [5, 5.41) is 7.34. The number of benzene rings is 2. The van der Waals surface area contributed by atoms with Crippen molar-refractivity contribution in [2.24, 2.45) is 0 Å². The lowest BCUT2D eigenvalue weighted by Gasteiger charge is -2.34. The van der Waals surface area contributed by atoms with Crippen LogP contribution < -0.4 is 15.5 Å². The molecule has 36 heavy (non-hydrogen) atoms. The third-order valence-electron chi connectivity index (χ3n) is 5.74. The van der Waals surface area contributed by atoms with E-state index in [9.17, 15) is 9.59 Å². The van der Waals surface area contributed by atoms with Gasteiger partial charge >= 0.3 is 12.0 Å². The zero-order valence-corrected chi connectivity index (χ0v) is 21.6. The number of halogens is 1. The average Bonchev–Trinajstić information content (AvgIpc) is 3.35. The number of hydrogen-bond donors (Lipinski definition) is 2. The van der Waals surface area contributed by atoms with Crippen LogP contribution in [-0.2, 0) is 11.2 Å². The van der Waals surface area contributed by atoms with Gasteiger partial charge in [0.1, 0.15) is 5.82 Å². The zero-order chi connectivity index (χ0) is 25.3. The maximum absolute atomic E-state index is 12.2. The smallest absolute Gasteiger partial charge is 0.338 e. The van der Waals surface area contributed by atoms with Crippen molar-refractivity contribution in [2.75, 3.05) is 56.1 Å². The Morgan fingerprint density at radius 1 is 1.06 bits per heavy atom. The molecular weight excluding hydrogens is 500 g/mol. The van der Waals surface area contributed by atoms with Gasteiger partial charge in [0.05, 0.1) is 12.2 Å². The molecule has 1 fully saturated rings. The van der Waals surface area contributed by atoms with Crippen LogP contribution in [0.25, 0.3) is 0 Å². The summed E-state index contributed by atoms with van der Waals surface area (Å²) < 4.78 is 9.48. The third-order valence-corrected chi connectivity index (χ3v) is 6.81. The molecule has 0 aliphatic carbocycles. The van der Waals surface area contributed by atoms with Crippen molar-refractivity contribution in [3.63, 3.8) is 0 Å². The van der Waals surface area contributed by atoms with E-state index in [-0.39, 0.29) is 12.0 Å². The van der Waals surface area contributed by atoms with Crippen LogP contribution >= 0.6 is 23.1 Å². The van der Waals surface area contributed by atoms with Crippen molar-refractivity contribution >= 4 is 46.0 Å². The fraction of sp³-hybridized carbons (Fsp3) is 0.360. The van der Waals surface area contributed by atoms with E-state index in [1.165, 1.54) is 11.5 Å². The Labute approximate surface area is 219 Å². The van der Waals surface area contributed by atoms with E-state index >= 15 is 0 Å². The van der Waals surface area contributed by atoms with Crippen molar-refractivity contribution in [2.45, 2.75) is 13.3 Å². The Balaban J connectivity index is 1.15. The number of amides is 2. The van der Waals surface area contributed by atoms with Crippen molar-refractivity contribution in [3.8, 4) is 0 Å². The lowest BCUT2D eigenvalue weighted by molar-refractivity contribution is 0.0526. The van der Waals surface area contributed by atoms with E-state index in [4.69, 9.17) is 21.3 Å².